The SMILES string of the molecule is CCOc1cc(F)cc(C)c1F. The molecule has 0 heterocycles. The van der Waals surface area contributed by atoms with Crippen LogP contribution in [-0.2, 0) is 0 Å². The summed E-state index contributed by atoms with van der Waals surface area (Å²) in [6.45, 7) is 3.56. The molecule has 0 fully saturated rings. The third-order valence-corrected chi connectivity index (χ3v) is 1.49. The molecule has 3 heteroatoms. The fourth-order valence-corrected chi connectivity index (χ4v) is 0.955. The van der Waals surface area contributed by atoms with E-state index in [9.17, 15) is 8.78 Å². The summed E-state index contributed by atoms with van der Waals surface area (Å²) < 4.78 is 30.6. The molecule has 1 rings (SSSR count). The summed E-state index contributed by atoms with van der Waals surface area (Å²) in [6.07, 6.45) is 0. The highest BCUT2D eigenvalue weighted by molar-refractivity contribution is 5.31. The zero-order valence-electron chi connectivity index (χ0n) is 7.03. The summed E-state index contributed by atoms with van der Waals surface area (Å²) >= 11 is 0. The number of benzene rings is 1. The minimum Gasteiger partial charge on any atom is -0.491 e. The van der Waals surface area contributed by atoms with Crippen LogP contribution >= 0.6 is 0 Å². The quantitative estimate of drug-likeness (QED) is 0.666. The molecule has 0 unspecified atom stereocenters. The van der Waals surface area contributed by atoms with E-state index in [1.165, 1.54) is 6.92 Å². The Bertz CT molecular complexity index is 284. The van der Waals surface area contributed by atoms with Crippen LogP contribution < -0.4 is 4.74 Å². The fraction of sp³-hybridized carbons (Fsp3) is 0.333. The molecule has 12 heavy (non-hydrogen) atoms. The molecule has 0 radical (unpaired) electrons. The second kappa shape index (κ2) is 3.52. The van der Waals surface area contributed by atoms with Crippen LogP contribution in [0.15, 0.2) is 12.1 Å². The molecule has 1 aromatic carbocycles. The normalized spacial score (nSPS) is 10.0. The van der Waals surface area contributed by atoms with E-state index in [0.29, 0.717) is 6.61 Å². The van der Waals surface area contributed by atoms with Gasteiger partial charge >= 0.3 is 0 Å². The predicted octanol–water partition coefficient (Wildman–Crippen LogP) is 2.67. The van der Waals surface area contributed by atoms with E-state index in [0.717, 1.165) is 12.1 Å². The molecule has 0 bridgehead atoms. The van der Waals surface area contributed by atoms with Crippen molar-refractivity contribution >= 4 is 0 Å². The van der Waals surface area contributed by atoms with Gasteiger partial charge in [-0.1, -0.05) is 0 Å². The molecule has 0 amide bonds. The van der Waals surface area contributed by atoms with Crippen molar-refractivity contribution < 1.29 is 13.5 Å². The highest BCUT2D eigenvalue weighted by Crippen LogP contribution is 2.21. The Labute approximate surface area is 70.0 Å². The molecule has 0 N–H and O–H groups in total. The number of rotatable bonds is 2. The number of ether oxygens (including phenoxy) is 1. The van der Waals surface area contributed by atoms with Crippen LogP contribution in [0.4, 0.5) is 8.78 Å². The molecule has 0 aliphatic rings. The second-order valence-corrected chi connectivity index (χ2v) is 2.47. The van der Waals surface area contributed by atoms with Crippen LogP contribution in [0.1, 0.15) is 12.5 Å². The smallest absolute Gasteiger partial charge is 0.168 e. The number of halogens is 2. The molecular formula is C9H10F2O. The predicted molar refractivity (Wildman–Crippen MR) is 42.3 cm³/mol. The standard InChI is InChI=1S/C9H10F2O/c1-3-12-8-5-7(10)4-6(2)9(8)11/h4-5H,3H2,1-2H3. The first-order chi connectivity index (χ1) is 5.65. The van der Waals surface area contributed by atoms with Gasteiger partial charge in [-0.2, -0.15) is 0 Å². The van der Waals surface area contributed by atoms with Gasteiger partial charge in [0.15, 0.2) is 11.6 Å². The van der Waals surface area contributed by atoms with Crippen molar-refractivity contribution in [2.75, 3.05) is 6.61 Å². The van der Waals surface area contributed by atoms with E-state index in [1.807, 2.05) is 0 Å². The molecule has 1 aromatic rings. The highest BCUT2D eigenvalue weighted by atomic mass is 19.1. The Hall–Kier alpha value is -1.12. The molecule has 0 aliphatic heterocycles. The number of hydrogen-bond acceptors (Lipinski definition) is 1. The highest BCUT2D eigenvalue weighted by Gasteiger charge is 2.07. The van der Waals surface area contributed by atoms with Gasteiger partial charge in [0.25, 0.3) is 0 Å². The van der Waals surface area contributed by atoms with Crippen LogP contribution in [0.3, 0.4) is 0 Å². The summed E-state index contributed by atoms with van der Waals surface area (Å²) in [6, 6.07) is 2.18. The zero-order chi connectivity index (χ0) is 9.14. The minimum atomic E-state index is -0.488. The number of aryl methyl sites for hydroxylation is 1. The van der Waals surface area contributed by atoms with Crippen molar-refractivity contribution in [3.05, 3.63) is 29.3 Å². The summed E-state index contributed by atoms with van der Waals surface area (Å²) in [7, 11) is 0. The van der Waals surface area contributed by atoms with Gasteiger partial charge in [-0.25, -0.2) is 8.78 Å². The second-order valence-electron chi connectivity index (χ2n) is 2.47. The Kier molecular flexibility index (Phi) is 2.63. The van der Waals surface area contributed by atoms with Gasteiger partial charge in [0.1, 0.15) is 5.82 Å². The molecule has 0 saturated heterocycles. The van der Waals surface area contributed by atoms with Gasteiger partial charge in [0, 0.05) is 6.07 Å². The maximum absolute atomic E-state index is 13.1. The zero-order valence-corrected chi connectivity index (χ0v) is 7.03. The Morgan fingerprint density at radius 2 is 2.00 bits per heavy atom. The Balaban J connectivity index is 3.09. The lowest BCUT2D eigenvalue weighted by Crippen LogP contribution is -1.97. The van der Waals surface area contributed by atoms with Gasteiger partial charge in [-0.15, -0.1) is 0 Å². The lowest BCUT2D eigenvalue weighted by molar-refractivity contribution is 0.318. The van der Waals surface area contributed by atoms with Gasteiger partial charge in [-0.05, 0) is 25.5 Å². The van der Waals surface area contributed by atoms with Crippen LogP contribution in [-0.4, -0.2) is 6.61 Å². The third-order valence-electron chi connectivity index (χ3n) is 1.49. The summed E-state index contributed by atoms with van der Waals surface area (Å²) in [5.74, 6) is -0.981. The first-order valence-electron chi connectivity index (χ1n) is 3.73. The van der Waals surface area contributed by atoms with Gasteiger partial charge in [-0.3, -0.25) is 0 Å². The largest absolute Gasteiger partial charge is 0.491 e. The van der Waals surface area contributed by atoms with Crippen LogP contribution in [0.25, 0.3) is 0 Å². The summed E-state index contributed by atoms with van der Waals surface area (Å²) in [5.41, 5.74) is 0.262. The molecule has 0 aromatic heterocycles. The first kappa shape index (κ1) is 8.97. The molecule has 0 spiro atoms. The van der Waals surface area contributed by atoms with Crippen molar-refractivity contribution in [1.82, 2.24) is 0 Å². The van der Waals surface area contributed by atoms with Crippen molar-refractivity contribution in [2.45, 2.75) is 13.8 Å². The average Bonchev–Trinajstić information content (AvgIpc) is 2.00. The molecular weight excluding hydrogens is 162 g/mol. The van der Waals surface area contributed by atoms with E-state index in [1.54, 1.807) is 6.92 Å². The monoisotopic (exact) mass is 172 g/mol. The molecule has 0 atom stereocenters. The van der Waals surface area contributed by atoms with Crippen LogP contribution in [0, 0.1) is 18.6 Å². The molecule has 0 aliphatic carbocycles. The van der Waals surface area contributed by atoms with Crippen molar-refractivity contribution in [2.24, 2.45) is 0 Å². The maximum atomic E-state index is 13.1. The summed E-state index contributed by atoms with van der Waals surface area (Å²) in [4.78, 5) is 0. The lowest BCUT2D eigenvalue weighted by atomic mass is 10.2. The van der Waals surface area contributed by atoms with Crippen molar-refractivity contribution in [3.8, 4) is 5.75 Å². The van der Waals surface area contributed by atoms with Crippen LogP contribution in [0.5, 0.6) is 5.75 Å². The lowest BCUT2D eigenvalue weighted by Gasteiger charge is -2.05. The minimum absolute atomic E-state index is 0.0185. The van der Waals surface area contributed by atoms with E-state index < -0.39 is 11.6 Å². The van der Waals surface area contributed by atoms with Crippen molar-refractivity contribution in [3.63, 3.8) is 0 Å². The maximum Gasteiger partial charge on any atom is 0.168 e. The van der Waals surface area contributed by atoms with Crippen LogP contribution in [0.2, 0.25) is 0 Å². The fourth-order valence-electron chi connectivity index (χ4n) is 0.955. The summed E-state index contributed by atoms with van der Waals surface area (Å²) in [5, 5.41) is 0. The van der Waals surface area contributed by atoms with Gasteiger partial charge < -0.3 is 4.74 Å². The first-order valence-corrected chi connectivity index (χ1v) is 3.73. The Morgan fingerprint density at radius 1 is 1.33 bits per heavy atom. The third kappa shape index (κ3) is 1.72. The topological polar surface area (TPSA) is 9.23 Å². The van der Waals surface area contributed by atoms with E-state index in [4.69, 9.17) is 4.74 Å². The molecule has 0 saturated carbocycles. The van der Waals surface area contributed by atoms with Crippen molar-refractivity contribution in [1.29, 1.82) is 0 Å². The molecule has 66 valence electrons. The molecule has 1 nitrogen and oxygen atoms in total. The van der Waals surface area contributed by atoms with E-state index >= 15 is 0 Å². The van der Waals surface area contributed by atoms with Gasteiger partial charge in [0.2, 0.25) is 0 Å². The Morgan fingerprint density at radius 3 is 2.58 bits per heavy atom. The van der Waals surface area contributed by atoms with Gasteiger partial charge in [0.05, 0.1) is 6.61 Å². The average molecular weight is 172 g/mol. The van der Waals surface area contributed by atoms with E-state index in [-0.39, 0.29) is 11.3 Å². The van der Waals surface area contributed by atoms with E-state index in [2.05, 4.69) is 0 Å². The number of hydrogen-bond donors (Lipinski definition) is 0.